The van der Waals surface area contributed by atoms with E-state index in [4.69, 9.17) is 0 Å². The van der Waals surface area contributed by atoms with Crippen molar-refractivity contribution in [1.82, 2.24) is 0 Å². The van der Waals surface area contributed by atoms with Crippen LogP contribution >= 0.6 is 15.9 Å². The average Bonchev–Trinajstić information content (AvgIpc) is 2.48. The monoisotopic (exact) mass is 322 g/mol. The van der Waals surface area contributed by atoms with Crippen LogP contribution in [-0.4, -0.2) is 0 Å². The van der Waals surface area contributed by atoms with Gasteiger partial charge in [0.15, 0.2) is 0 Å². The van der Waals surface area contributed by atoms with Gasteiger partial charge in [0.25, 0.3) is 0 Å². The van der Waals surface area contributed by atoms with Gasteiger partial charge in [0.05, 0.1) is 0 Å². The van der Waals surface area contributed by atoms with E-state index in [2.05, 4.69) is 82.7 Å². The van der Waals surface area contributed by atoms with Gasteiger partial charge >= 0.3 is 0 Å². The first-order valence-electron chi connectivity index (χ1n) is 7.04. The van der Waals surface area contributed by atoms with Crippen LogP contribution in [0, 0.1) is 0 Å². The molecule has 0 saturated carbocycles. The van der Waals surface area contributed by atoms with Crippen LogP contribution in [0.25, 0.3) is 10.8 Å². The molecule has 0 spiro atoms. The lowest BCUT2D eigenvalue weighted by Crippen LogP contribution is -2.20. The molecule has 0 aliphatic heterocycles. The highest BCUT2D eigenvalue weighted by atomic mass is 79.9. The second-order valence-electron chi connectivity index (χ2n) is 5.48. The van der Waals surface area contributed by atoms with E-state index in [0.29, 0.717) is 10.7 Å². The number of benzene rings is 3. The standard InChI is InChI=1S/C19H15Br/c20-19(18-12-14-7-2-4-10-16(14)18)17-11-5-8-13-6-1-3-9-15(13)17/h1-11,18-19H,12H2. The van der Waals surface area contributed by atoms with E-state index in [9.17, 15) is 0 Å². The molecular formula is C19H15Br. The van der Waals surface area contributed by atoms with E-state index in [1.54, 1.807) is 0 Å². The third-order valence-corrected chi connectivity index (χ3v) is 5.50. The zero-order chi connectivity index (χ0) is 13.5. The molecule has 3 aromatic rings. The Morgan fingerprint density at radius 1 is 0.850 bits per heavy atom. The minimum atomic E-state index is 0.392. The second kappa shape index (κ2) is 4.75. The number of fused-ring (bicyclic) bond motifs is 2. The molecule has 0 radical (unpaired) electrons. The minimum absolute atomic E-state index is 0.392. The van der Waals surface area contributed by atoms with Crippen molar-refractivity contribution in [2.24, 2.45) is 0 Å². The number of rotatable bonds is 2. The maximum Gasteiger partial charge on any atom is 0.0473 e. The SMILES string of the molecule is BrC(c1cccc2ccccc12)C1Cc2ccccc21. The number of halogens is 1. The van der Waals surface area contributed by atoms with Gasteiger partial charge in [0.1, 0.15) is 0 Å². The summed E-state index contributed by atoms with van der Waals surface area (Å²) in [6.07, 6.45) is 1.18. The molecule has 0 fully saturated rings. The van der Waals surface area contributed by atoms with Crippen LogP contribution in [0.4, 0.5) is 0 Å². The van der Waals surface area contributed by atoms with Crippen molar-refractivity contribution >= 4 is 26.7 Å². The number of hydrogen-bond acceptors (Lipinski definition) is 0. The summed E-state index contributed by atoms with van der Waals surface area (Å²) in [6.45, 7) is 0. The van der Waals surface area contributed by atoms with Crippen molar-refractivity contribution in [3.63, 3.8) is 0 Å². The van der Waals surface area contributed by atoms with Gasteiger partial charge in [0, 0.05) is 10.7 Å². The van der Waals surface area contributed by atoms with Crippen molar-refractivity contribution in [1.29, 1.82) is 0 Å². The molecule has 0 heterocycles. The summed E-state index contributed by atoms with van der Waals surface area (Å²) in [4.78, 5) is 0.392. The zero-order valence-electron chi connectivity index (χ0n) is 11.1. The fourth-order valence-corrected chi connectivity index (χ4v) is 4.14. The van der Waals surface area contributed by atoms with Gasteiger partial charge in [-0.3, -0.25) is 0 Å². The Kier molecular flexibility index (Phi) is 2.89. The summed E-state index contributed by atoms with van der Waals surface area (Å²) in [6, 6.07) is 24.0. The van der Waals surface area contributed by atoms with Gasteiger partial charge in [-0.25, -0.2) is 0 Å². The molecule has 0 saturated heterocycles. The molecule has 1 aliphatic carbocycles. The molecule has 3 aromatic carbocycles. The van der Waals surface area contributed by atoms with Crippen LogP contribution < -0.4 is 0 Å². The lowest BCUT2D eigenvalue weighted by molar-refractivity contribution is 0.602. The zero-order valence-corrected chi connectivity index (χ0v) is 12.7. The molecule has 0 N–H and O–H groups in total. The molecular weight excluding hydrogens is 308 g/mol. The molecule has 1 heteroatoms. The maximum atomic E-state index is 3.95. The Labute approximate surface area is 127 Å². The van der Waals surface area contributed by atoms with Crippen LogP contribution in [0.5, 0.6) is 0 Å². The first-order valence-corrected chi connectivity index (χ1v) is 7.96. The highest BCUT2D eigenvalue weighted by Crippen LogP contribution is 2.48. The maximum absolute atomic E-state index is 3.95. The predicted molar refractivity (Wildman–Crippen MR) is 88.5 cm³/mol. The van der Waals surface area contributed by atoms with Gasteiger partial charge in [-0.15, -0.1) is 0 Å². The molecule has 98 valence electrons. The quantitative estimate of drug-likeness (QED) is 0.537. The Bertz CT molecular complexity index is 770. The van der Waals surface area contributed by atoms with Crippen molar-refractivity contribution < 1.29 is 0 Å². The third-order valence-electron chi connectivity index (χ3n) is 4.37. The highest BCUT2D eigenvalue weighted by molar-refractivity contribution is 9.09. The van der Waals surface area contributed by atoms with E-state index in [0.717, 1.165) is 0 Å². The van der Waals surface area contributed by atoms with Gasteiger partial charge in [-0.05, 0) is 33.9 Å². The fourth-order valence-electron chi connectivity index (χ4n) is 3.27. The van der Waals surface area contributed by atoms with Crippen molar-refractivity contribution in [3.8, 4) is 0 Å². The summed E-state index contributed by atoms with van der Waals surface area (Å²) in [5, 5.41) is 2.68. The Morgan fingerprint density at radius 2 is 1.60 bits per heavy atom. The molecule has 20 heavy (non-hydrogen) atoms. The topological polar surface area (TPSA) is 0 Å². The van der Waals surface area contributed by atoms with Crippen LogP contribution in [-0.2, 0) is 6.42 Å². The number of alkyl halides is 1. The molecule has 4 rings (SSSR count). The van der Waals surface area contributed by atoms with Crippen LogP contribution in [0.3, 0.4) is 0 Å². The van der Waals surface area contributed by atoms with E-state index < -0.39 is 0 Å². The Morgan fingerprint density at radius 3 is 2.50 bits per heavy atom. The summed E-state index contributed by atoms with van der Waals surface area (Å²) in [5.41, 5.74) is 4.41. The molecule has 0 aromatic heterocycles. The molecule has 2 unspecified atom stereocenters. The van der Waals surface area contributed by atoms with Gasteiger partial charge < -0.3 is 0 Å². The van der Waals surface area contributed by atoms with Gasteiger partial charge in [0.2, 0.25) is 0 Å². The third kappa shape index (κ3) is 1.81. The predicted octanol–water partition coefficient (Wildman–Crippen LogP) is 5.62. The summed E-state index contributed by atoms with van der Waals surface area (Å²) in [5.74, 6) is 0.594. The van der Waals surface area contributed by atoms with Crippen LogP contribution in [0.15, 0.2) is 66.7 Å². The highest BCUT2D eigenvalue weighted by Gasteiger charge is 2.32. The lowest BCUT2D eigenvalue weighted by atomic mass is 9.74. The van der Waals surface area contributed by atoms with Crippen LogP contribution in [0.1, 0.15) is 27.4 Å². The minimum Gasteiger partial charge on any atom is -0.0832 e. The van der Waals surface area contributed by atoms with Gasteiger partial charge in [-0.2, -0.15) is 0 Å². The van der Waals surface area contributed by atoms with E-state index >= 15 is 0 Å². The molecule has 2 atom stereocenters. The van der Waals surface area contributed by atoms with Crippen LogP contribution in [0.2, 0.25) is 0 Å². The number of hydrogen-bond donors (Lipinski definition) is 0. The van der Waals surface area contributed by atoms with Gasteiger partial charge in [-0.1, -0.05) is 82.7 Å². The fraction of sp³-hybridized carbons (Fsp3) is 0.158. The van der Waals surface area contributed by atoms with Crippen molar-refractivity contribution in [2.75, 3.05) is 0 Å². The summed E-state index contributed by atoms with van der Waals surface area (Å²) in [7, 11) is 0. The lowest BCUT2D eigenvalue weighted by Gasteiger charge is -2.34. The Balaban J connectivity index is 1.77. The molecule has 0 nitrogen and oxygen atoms in total. The van der Waals surface area contributed by atoms with Crippen molar-refractivity contribution in [3.05, 3.63) is 83.4 Å². The van der Waals surface area contributed by atoms with Crippen molar-refractivity contribution in [2.45, 2.75) is 17.2 Å². The summed E-state index contributed by atoms with van der Waals surface area (Å²) >= 11 is 3.95. The average molecular weight is 323 g/mol. The first-order chi connectivity index (χ1) is 9.84. The molecule has 1 aliphatic rings. The van der Waals surface area contributed by atoms with E-state index in [-0.39, 0.29) is 0 Å². The first kappa shape index (κ1) is 12.2. The smallest absolute Gasteiger partial charge is 0.0473 e. The summed E-state index contributed by atoms with van der Waals surface area (Å²) < 4.78 is 0. The molecule has 0 bridgehead atoms. The largest absolute Gasteiger partial charge is 0.0832 e. The normalized spacial score (nSPS) is 18.4. The van der Waals surface area contributed by atoms with E-state index in [1.807, 2.05) is 0 Å². The molecule has 0 amide bonds. The van der Waals surface area contributed by atoms with E-state index in [1.165, 1.54) is 33.9 Å². The second-order valence-corrected chi connectivity index (χ2v) is 6.47. The Hall–Kier alpha value is -1.60.